The molecule has 2 saturated heterocycles. The Morgan fingerprint density at radius 3 is 2.85 bits per heavy atom. The van der Waals surface area contributed by atoms with Crippen LogP contribution in [0.5, 0.6) is 0 Å². The third kappa shape index (κ3) is 2.72. The van der Waals surface area contributed by atoms with Crippen LogP contribution in [0.25, 0.3) is 0 Å². The fraction of sp³-hybridized carbons (Fsp3) is 0.562. The van der Waals surface area contributed by atoms with E-state index in [0.29, 0.717) is 18.4 Å². The van der Waals surface area contributed by atoms with Crippen molar-refractivity contribution >= 4 is 5.91 Å². The van der Waals surface area contributed by atoms with Crippen LogP contribution in [0.3, 0.4) is 0 Å². The Bertz CT molecular complexity index is 462. The highest BCUT2D eigenvalue weighted by molar-refractivity contribution is 5.80. The van der Waals surface area contributed by atoms with Crippen molar-refractivity contribution in [2.45, 2.75) is 25.8 Å². The summed E-state index contributed by atoms with van der Waals surface area (Å²) in [6, 6.07) is 10.3. The molecule has 1 aromatic carbocycles. The van der Waals surface area contributed by atoms with Gasteiger partial charge in [0, 0.05) is 19.6 Å². The van der Waals surface area contributed by atoms with E-state index >= 15 is 0 Å². The molecule has 108 valence electrons. The maximum atomic E-state index is 12.8. The molecule has 0 bridgehead atoms. The molecule has 1 aromatic rings. The van der Waals surface area contributed by atoms with Crippen LogP contribution >= 0.6 is 0 Å². The van der Waals surface area contributed by atoms with Gasteiger partial charge in [0.05, 0.1) is 12.0 Å². The Morgan fingerprint density at radius 2 is 2.10 bits per heavy atom. The molecule has 2 N–H and O–H groups in total. The first kappa shape index (κ1) is 13.6. The molecular weight excluding hydrogens is 250 g/mol. The molecule has 0 aliphatic carbocycles. The maximum absolute atomic E-state index is 12.8. The fourth-order valence-corrected chi connectivity index (χ4v) is 3.33. The molecule has 4 nitrogen and oxygen atoms in total. The number of hydrogen-bond donors (Lipinski definition) is 2. The number of amides is 1. The molecule has 3 unspecified atom stereocenters. The average Bonchev–Trinajstić information content (AvgIpc) is 2.97. The monoisotopic (exact) mass is 273 g/mol. The molecule has 2 aliphatic heterocycles. The molecule has 3 rings (SSSR count). The van der Waals surface area contributed by atoms with E-state index in [4.69, 9.17) is 0 Å². The van der Waals surface area contributed by atoms with Crippen LogP contribution in [-0.4, -0.2) is 30.4 Å². The van der Waals surface area contributed by atoms with Gasteiger partial charge in [0.25, 0.3) is 0 Å². The summed E-state index contributed by atoms with van der Waals surface area (Å²) in [7, 11) is 0. The van der Waals surface area contributed by atoms with E-state index in [2.05, 4.69) is 34.8 Å². The molecule has 2 aliphatic rings. The highest BCUT2D eigenvalue weighted by Gasteiger charge is 2.37. The number of rotatable bonds is 2. The smallest absolute Gasteiger partial charge is 0.229 e. The minimum atomic E-state index is 0.00250. The number of likely N-dealkylation sites (tertiary alicyclic amines) is 1. The molecule has 2 fully saturated rings. The number of piperidine rings is 1. The molecular formula is C16H23N3O. The number of carbonyl (C=O) groups excluding carboxylic acids is 1. The maximum Gasteiger partial charge on any atom is 0.229 e. The quantitative estimate of drug-likeness (QED) is 0.862. The van der Waals surface area contributed by atoms with Crippen molar-refractivity contribution < 1.29 is 4.79 Å². The summed E-state index contributed by atoms with van der Waals surface area (Å²) in [6.45, 7) is 4.78. The molecule has 0 aromatic heterocycles. The van der Waals surface area contributed by atoms with Crippen LogP contribution in [0, 0.1) is 11.8 Å². The van der Waals surface area contributed by atoms with Gasteiger partial charge < -0.3 is 4.90 Å². The first-order valence-corrected chi connectivity index (χ1v) is 7.58. The van der Waals surface area contributed by atoms with Gasteiger partial charge in [0.1, 0.15) is 0 Å². The topological polar surface area (TPSA) is 44.4 Å². The normalized spacial score (nSPS) is 30.4. The van der Waals surface area contributed by atoms with Crippen LogP contribution in [0.15, 0.2) is 30.3 Å². The summed E-state index contributed by atoms with van der Waals surface area (Å²) in [5, 5.41) is 0. The zero-order valence-electron chi connectivity index (χ0n) is 12.0. The van der Waals surface area contributed by atoms with Gasteiger partial charge in [-0.05, 0) is 24.3 Å². The number of nitrogens with zero attached hydrogens (tertiary/aromatic N) is 1. The molecule has 20 heavy (non-hydrogen) atoms. The van der Waals surface area contributed by atoms with Crippen LogP contribution < -0.4 is 10.9 Å². The van der Waals surface area contributed by atoms with Gasteiger partial charge in [-0.15, -0.1) is 0 Å². The largest absolute Gasteiger partial charge is 0.342 e. The van der Waals surface area contributed by atoms with Crippen molar-refractivity contribution in [3.63, 3.8) is 0 Å². The number of hydrazine groups is 1. The molecule has 0 spiro atoms. The van der Waals surface area contributed by atoms with Gasteiger partial charge in [-0.2, -0.15) is 0 Å². The van der Waals surface area contributed by atoms with E-state index in [9.17, 15) is 4.79 Å². The van der Waals surface area contributed by atoms with E-state index in [-0.39, 0.29) is 12.0 Å². The highest BCUT2D eigenvalue weighted by Crippen LogP contribution is 2.28. The Balaban J connectivity index is 1.73. The van der Waals surface area contributed by atoms with Crippen LogP contribution in [0.4, 0.5) is 0 Å². The number of carbonyl (C=O) groups is 1. The Morgan fingerprint density at radius 1 is 1.30 bits per heavy atom. The summed E-state index contributed by atoms with van der Waals surface area (Å²) in [5.74, 6) is 0.927. The molecule has 3 atom stereocenters. The second-order valence-electron chi connectivity index (χ2n) is 6.05. The lowest BCUT2D eigenvalue weighted by Crippen LogP contribution is -2.44. The number of nitrogens with one attached hydrogen (secondary N) is 2. The van der Waals surface area contributed by atoms with Gasteiger partial charge in [-0.1, -0.05) is 37.3 Å². The lowest BCUT2D eigenvalue weighted by molar-refractivity contribution is -0.137. The summed E-state index contributed by atoms with van der Waals surface area (Å²) in [6.07, 6.45) is 2.38. The van der Waals surface area contributed by atoms with E-state index < -0.39 is 0 Å². The third-order valence-electron chi connectivity index (χ3n) is 4.43. The van der Waals surface area contributed by atoms with Crippen molar-refractivity contribution in [1.82, 2.24) is 15.8 Å². The Kier molecular flexibility index (Phi) is 4.03. The van der Waals surface area contributed by atoms with Crippen molar-refractivity contribution in [3.8, 4) is 0 Å². The highest BCUT2D eigenvalue weighted by atomic mass is 16.2. The predicted octanol–water partition coefficient (Wildman–Crippen LogP) is 1.71. The fourth-order valence-electron chi connectivity index (χ4n) is 3.33. The van der Waals surface area contributed by atoms with E-state index in [1.54, 1.807) is 0 Å². The summed E-state index contributed by atoms with van der Waals surface area (Å²) in [4.78, 5) is 14.8. The lowest BCUT2D eigenvalue weighted by Gasteiger charge is -2.33. The van der Waals surface area contributed by atoms with Gasteiger partial charge in [0.2, 0.25) is 5.91 Å². The van der Waals surface area contributed by atoms with E-state index in [1.165, 1.54) is 12.0 Å². The zero-order chi connectivity index (χ0) is 13.9. The zero-order valence-corrected chi connectivity index (χ0v) is 12.0. The lowest BCUT2D eigenvalue weighted by atomic mass is 9.92. The molecule has 0 radical (unpaired) electrons. The Hall–Kier alpha value is -1.39. The summed E-state index contributed by atoms with van der Waals surface area (Å²) < 4.78 is 0. The van der Waals surface area contributed by atoms with Gasteiger partial charge in [-0.25, -0.2) is 5.43 Å². The van der Waals surface area contributed by atoms with Crippen LogP contribution in [0.1, 0.15) is 31.4 Å². The summed E-state index contributed by atoms with van der Waals surface area (Å²) >= 11 is 0. The Labute approximate surface area is 120 Å². The number of benzene rings is 1. The predicted molar refractivity (Wildman–Crippen MR) is 78.8 cm³/mol. The van der Waals surface area contributed by atoms with Gasteiger partial charge in [-0.3, -0.25) is 10.2 Å². The summed E-state index contributed by atoms with van der Waals surface area (Å²) in [5.41, 5.74) is 7.59. The molecule has 0 saturated carbocycles. The first-order valence-electron chi connectivity index (χ1n) is 7.58. The van der Waals surface area contributed by atoms with Crippen molar-refractivity contribution in [3.05, 3.63) is 35.9 Å². The molecule has 2 heterocycles. The van der Waals surface area contributed by atoms with Gasteiger partial charge in [0.15, 0.2) is 0 Å². The molecule has 4 heteroatoms. The minimum Gasteiger partial charge on any atom is -0.342 e. The number of hydrogen-bond acceptors (Lipinski definition) is 3. The minimum absolute atomic E-state index is 0.00250. The SMILES string of the molecule is CC1CCCN(C(=O)C2CNNC2c2ccccc2)C1. The van der Waals surface area contributed by atoms with Crippen molar-refractivity contribution in [2.75, 3.05) is 19.6 Å². The van der Waals surface area contributed by atoms with E-state index in [1.807, 2.05) is 18.2 Å². The standard InChI is InChI=1S/C16H23N3O/c1-12-6-5-9-19(11-12)16(20)14-10-17-18-15(14)13-7-3-2-4-8-13/h2-4,7-8,12,14-15,17-18H,5-6,9-11H2,1H3. The first-order chi connectivity index (χ1) is 9.75. The van der Waals surface area contributed by atoms with Crippen molar-refractivity contribution in [1.29, 1.82) is 0 Å². The average molecular weight is 273 g/mol. The third-order valence-corrected chi connectivity index (χ3v) is 4.43. The second kappa shape index (κ2) is 5.94. The van der Waals surface area contributed by atoms with Crippen molar-refractivity contribution in [2.24, 2.45) is 11.8 Å². The van der Waals surface area contributed by atoms with E-state index in [0.717, 1.165) is 19.5 Å². The van der Waals surface area contributed by atoms with Crippen LogP contribution in [-0.2, 0) is 4.79 Å². The second-order valence-corrected chi connectivity index (χ2v) is 6.05. The van der Waals surface area contributed by atoms with Crippen LogP contribution in [0.2, 0.25) is 0 Å². The van der Waals surface area contributed by atoms with Gasteiger partial charge >= 0.3 is 0 Å². The molecule has 1 amide bonds.